The smallest absolute Gasteiger partial charge is 0.332 e. The van der Waals surface area contributed by atoms with E-state index in [9.17, 15) is 20.7 Å². The van der Waals surface area contributed by atoms with E-state index in [1.165, 1.54) is 82.4 Å². The summed E-state index contributed by atoms with van der Waals surface area (Å²) in [6.45, 7) is 2.24. The number of rotatable bonds is 19. The Labute approximate surface area is 251 Å². The predicted octanol–water partition coefficient (Wildman–Crippen LogP) is 7.72. The number of nitrogens with one attached hydrogen (secondary N) is 1. The molecule has 1 N–H and O–H groups in total. The molecule has 0 aliphatic rings. The number of sulfonamides is 1. The lowest BCUT2D eigenvalue weighted by atomic mass is 10.0. The number of aromatic nitrogens is 1. The summed E-state index contributed by atoms with van der Waals surface area (Å²) in [4.78, 5) is 1.81. The Kier molecular flexibility index (Phi) is 13.5. The third-order valence-electron chi connectivity index (χ3n) is 7.66. The Morgan fingerprint density at radius 3 is 1.83 bits per heavy atom. The minimum atomic E-state index is -4.95. The third kappa shape index (κ3) is 10.8. The standard InChI is InChI=1S/C32H46FN3O4S2/c1-3-4-5-6-7-8-9-10-11-12-13-14-15-19-24-41(37,38)35-34-30-26-32(27-20-17-16-18-21-27)36(2)31-23-22-28(25-29(30)31)42(33,39)40/h16-18,20-23,25-26,35H,3-15,19,24H2,1-2H3/b34-30+. The van der Waals surface area contributed by atoms with Gasteiger partial charge in [-0.15, -0.1) is 3.89 Å². The zero-order chi connectivity index (χ0) is 30.4. The van der Waals surface area contributed by atoms with Crippen molar-refractivity contribution >= 4 is 31.1 Å². The number of halogens is 1. The molecular formula is C32H46FN3O4S2. The lowest BCUT2D eigenvalue weighted by Gasteiger charge is -2.14. The molecule has 1 aromatic heterocycles. The molecule has 0 aliphatic heterocycles. The van der Waals surface area contributed by atoms with Gasteiger partial charge < -0.3 is 4.57 Å². The van der Waals surface area contributed by atoms with E-state index in [4.69, 9.17) is 0 Å². The molecule has 0 fully saturated rings. The number of pyridine rings is 1. The van der Waals surface area contributed by atoms with Gasteiger partial charge >= 0.3 is 10.2 Å². The van der Waals surface area contributed by atoms with Crippen molar-refractivity contribution in [3.63, 3.8) is 0 Å². The molecule has 0 saturated heterocycles. The molecule has 0 atom stereocenters. The van der Waals surface area contributed by atoms with E-state index in [0.717, 1.165) is 30.5 Å². The minimum absolute atomic E-state index is 0.0529. The first-order valence-electron chi connectivity index (χ1n) is 15.3. The van der Waals surface area contributed by atoms with Crippen LogP contribution >= 0.6 is 0 Å². The molecule has 10 heteroatoms. The van der Waals surface area contributed by atoms with Gasteiger partial charge in [-0.3, -0.25) is 0 Å². The zero-order valence-electron chi connectivity index (χ0n) is 25.0. The highest BCUT2D eigenvalue weighted by atomic mass is 32.3. The van der Waals surface area contributed by atoms with E-state index >= 15 is 0 Å². The van der Waals surface area contributed by atoms with Crippen molar-refractivity contribution in [2.24, 2.45) is 12.1 Å². The number of fused-ring (bicyclic) bond motifs is 1. The maximum atomic E-state index is 13.8. The van der Waals surface area contributed by atoms with Crippen LogP contribution in [0.1, 0.15) is 96.8 Å². The number of benzene rings is 2. The van der Waals surface area contributed by atoms with Crippen molar-refractivity contribution < 1.29 is 20.7 Å². The summed E-state index contributed by atoms with van der Waals surface area (Å²) in [5, 5.41) is 4.69. The van der Waals surface area contributed by atoms with Crippen molar-refractivity contribution in [1.82, 2.24) is 9.40 Å². The first-order chi connectivity index (χ1) is 20.1. The Morgan fingerprint density at radius 1 is 0.738 bits per heavy atom. The zero-order valence-corrected chi connectivity index (χ0v) is 26.7. The quantitative estimate of drug-likeness (QED) is 0.0844. The molecular weight excluding hydrogens is 574 g/mol. The van der Waals surface area contributed by atoms with Gasteiger partial charge in [-0.1, -0.05) is 121 Å². The summed E-state index contributed by atoms with van der Waals surface area (Å²) in [5.74, 6) is -0.0529. The molecule has 2 aromatic carbocycles. The van der Waals surface area contributed by atoms with Crippen LogP contribution in [0, 0.1) is 0 Å². The van der Waals surface area contributed by atoms with Crippen LogP contribution in [0.5, 0.6) is 0 Å². The van der Waals surface area contributed by atoms with Gasteiger partial charge in [0.05, 0.1) is 27.2 Å². The van der Waals surface area contributed by atoms with E-state index in [2.05, 4.69) is 16.9 Å². The van der Waals surface area contributed by atoms with Crippen LogP contribution in [-0.2, 0) is 27.3 Å². The van der Waals surface area contributed by atoms with Gasteiger partial charge in [0.1, 0.15) is 0 Å². The normalized spacial score (nSPS) is 12.7. The van der Waals surface area contributed by atoms with E-state index < -0.39 is 25.1 Å². The summed E-state index contributed by atoms with van der Waals surface area (Å²) < 4.78 is 64.3. The number of aryl methyl sites for hydroxylation is 1. The first kappa shape index (κ1) is 33.8. The van der Waals surface area contributed by atoms with E-state index in [1.54, 1.807) is 13.1 Å². The highest BCUT2D eigenvalue weighted by Crippen LogP contribution is 2.24. The Hall–Kier alpha value is -2.72. The fourth-order valence-electron chi connectivity index (χ4n) is 5.23. The maximum Gasteiger partial charge on any atom is 0.332 e. The fraction of sp³-hybridized carbons (Fsp3) is 0.531. The van der Waals surface area contributed by atoms with Crippen molar-refractivity contribution in [3.8, 4) is 11.3 Å². The molecule has 3 rings (SSSR count). The Balaban J connectivity index is 1.57. The molecule has 0 spiro atoms. The van der Waals surface area contributed by atoms with Gasteiger partial charge in [-0.25, -0.2) is 13.2 Å². The van der Waals surface area contributed by atoms with Gasteiger partial charge in [-0.2, -0.15) is 13.5 Å². The molecule has 232 valence electrons. The topological polar surface area (TPSA) is 97.6 Å². The molecule has 0 saturated carbocycles. The molecule has 0 radical (unpaired) electrons. The van der Waals surface area contributed by atoms with Crippen molar-refractivity contribution in [2.75, 3.05) is 5.75 Å². The molecule has 0 aliphatic carbocycles. The van der Waals surface area contributed by atoms with Crippen LogP contribution in [0.4, 0.5) is 3.89 Å². The highest BCUT2D eigenvalue weighted by Gasteiger charge is 2.16. The monoisotopic (exact) mass is 619 g/mol. The lowest BCUT2D eigenvalue weighted by Crippen LogP contribution is -2.25. The second-order valence-electron chi connectivity index (χ2n) is 11.1. The van der Waals surface area contributed by atoms with Gasteiger partial charge in [-0.05, 0) is 36.2 Å². The molecule has 7 nitrogen and oxygen atoms in total. The number of unbranched alkanes of at least 4 members (excludes halogenated alkanes) is 13. The lowest BCUT2D eigenvalue weighted by molar-refractivity contribution is 0.536. The largest absolute Gasteiger partial charge is 0.344 e. The van der Waals surface area contributed by atoms with Crippen LogP contribution < -0.4 is 10.2 Å². The molecule has 0 bridgehead atoms. The third-order valence-corrected chi connectivity index (χ3v) is 9.68. The van der Waals surface area contributed by atoms with Crippen LogP contribution in [0.25, 0.3) is 22.2 Å². The SMILES string of the molecule is CCCCCCCCCCCCCCCCS(=O)(=O)N/N=c1\cc(-c2ccccc2)n(C)c2ccc(S(=O)(=O)F)cc12. The van der Waals surface area contributed by atoms with Crippen LogP contribution in [0.3, 0.4) is 0 Å². The molecule has 1 heterocycles. The van der Waals surface area contributed by atoms with Crippen LogP contribution in [0.2, 0.25) is 0 Å². The summed E-state index contributed by atoms with van der Waals surface area (Å²) in [6, 6.07) is 15.0. The molecule has 3 aromatic rings. The summed E-state index contributed by atoms with van der Waals surface area (Å²) in [6.07, 6.45) is 16.6. The van der Waals surface area contributed by atoms with E-state index in [1.807, 2.05) is 34.9 Å². The average Bonchev–Trinajstić information content (AvgIpc) is 2.97. The molecule has 0 unspecified atom stereocenters. The molecule has 0 amide bonds. The van der Waals surface area contributed by atoms with E-state index in [-0.39, 0.29) is 11.1 Å². The maximum absolute atomic E-state index is 13.8. The number of hydrogen-bond donors (Lipinski definition) is 1. The number of nitrogens with zero attached hydrogens (tertiary/aromatic N) is 2. The van der Waals surface area contributed by atoms with Gasteiger partial charge in [0.15, 0.2) is 0 Å². The Morgan fingerprint density at radius 2 is 1.29 bits per heavy atom. The average molecular weight is 620 g/mol. The minimum Gasteiger partial charge on any atom is -0.344 e. The number of hydrogen-bond acceptors (Lipinski definition) is 5. The van der Waals surface area contributed by atoms with E-state index in [0.29, 0.717) is 17.3 Å². The van der Waals surface area contributed by atoms with Gasteiger partial charge in [0, 0.05) is 12.4 Å². The second-order valence-corrected chi connectivity index (χ2v) is 14.2. The summed E-state index contributed by atoms with van der Waals surface area (Å²) in [5.41, 5.74) is 2.18. The molecule has 42 heavy (non-hydrogen) atoms. The van der Waals surface area contributed by atoms with Crippen molar-refractivity contribution in [3.05, 3.63) is 60.0 Å². The van der Waals surface area contributed by atoms with Crippen LogP contribution in [0.15, 0.2) is 64.6 Å². The first-order valence-corrected chi connectivity index (χ1v) is 18.3. The van der Waals surface area contributed by atoms with Gasteiger partial charge in [0.25, 0.3) is 0 Å². The summed E-state index contributed by atoms with van der Waals surface area (Å²) in [7, 11) is -6.85. The highest BCUT2D eigenvalue weighted by molar-refractivity contribution is 7.89. The second kappa shape index (κ2) is 16.8. The predicted molar refractivity (Wildman–Crippen MR) is 169 cm³/mol. The van der Waals surface area contributed by atoms with Crippen LogP contribution in [-0.4, -0.2) is 27.2 Å². The fourth-order valence-corrected chi connectivity index (χ4v) is 6.63. The van der Waals surface area contributed by atoms with Crippen molar-refractivity contribution in [2.45, 2.75) is 102 Å². The summed E-state index contributed by atoms with van der Waals surface area (Å²) >= 11 is 0. The van der Waals surface area contributed by atoms with Crippen molar-refractivity contribution in [1.29, 1.82) is 0 Å². The Bertz CT molecular complexity index is 1550. The van der Waals surface area contributed by atoms with Gasteiger partial charge in [0.2, 0.25) is 10.0 Å².